The van der Waals surface area contributed by atoms with E-state index in [1.165, 1.54) is 0 Å². The van der Waals surface area contributed by atoms with Crippen LogP contribution in [0.25, 0.3) is 11.1 Å². The maximum atomic E-state index is 11.4. The summed E-state index contributed by atoms with van der Waals surface area (Å²) in [6.45, 7) is 2.65. The van der Waals surface area contributed by atoms with E-state index >= 15 is 0 Å². The van der Waals surface area contributed by atoms with Crippen molar-refractivity contribution in [2.75, 3.05) is 17.2 Å². The number of nitrogen functional groups attached to an aromatic ring is 1. The topological polar surface area (TPSA) is 98.4 Å². The Bertz CT molecular complexity index is 652. The number of amides is 1. The molecule has 1 aromatic heterocycles. The number of oxazole rings is 1. The van der Waals surface area contributed by atoms with Crippen LogP contribution in [0, 0.1) is 5.92 Å². The van der Waals surface area contributed by atoms with Gasteiger partial charge in [-0.15, -0.1) is 0 Å². The molecule has 3 rings (SSSR count). The molecule has 2 heterocycles. The van der Waals surface area contributed by atoms with Crippen LogP contribution in [-0.4, -0.2) is 23.5 Å². The van der Waals surface area contributed by atoms with Gasteiger partial charge in [-0.25, -0.2) is 0 Å². The van der Waals surface area contributed by atoms with Crippen LogP contribution in [0.15, 0.2) is 22.6 Å². The van der Waals surface area contributed by atoms with E-state index in [1.54, 1.807) is 12.1 Å². The maximum absolute atomic E-state index is 11.4. The van der Waals surface area contributed by atoms with Gasteiger partial charge in [0.15, 0.2) is 5.58 Å². The Kier molecular flexibility index (Phi) is 3.00. The summed E-state index contributed by atoms with van der Waals surface area (Å²) in [5.74, 6) is -0.409. The predicted octanol–water partition coefficient (Wildman–Crippen LogP) is 1.50. The minimum atomic E-state index is -0.262. The maximum Gasteiger partial charge on any atom is 0.298 e. The number of anilines is 2. The summed E-state index contributed by atoms with van der Waals surface area (Å²) >= 11 is 0. The van der Waals surface area contributed by atoms with E-state index in [0.29, 0.717) is 23.8 Å². The Labute approximate surface area is 116 Å². The van der Waals surface area contributed by atoms with Crippen LogP contribution < -0.4 is 16.4 Å². The lowest BCUT2D eigenvalue weighted by Gasteiger charge is -2.35. The third kappa shape index (κ3) is 2.17. The van der Waals surface area contributed by atoms with Crippen LogP contribution in [-0.2, 0) is 4.79 Å². The van der Waals surface area contributed by atoms with Crippen molar-refractivity contribution < 1.29 is 9.21 Å². The molecule has 1 aliphatic heterocycles. The van der Waals surface area contributed by atoms with Crippen LogP contribution in [0.2, 0.25) is 0 Å². The molecule has 2 unspecified atom stereocenters. The fourth-order valence-electron chi connectivity index (χ4n) is 2.66. The molecule has 1 fully saturated rings. The van der Waals surface area contributed by atoms with Gasteiger partial charge in [0.2, 0.25) is 5.91 Å². The highest BCUT2D eigenvalue weighted by Crippen LogP contribution is 2.30. The van der Waals surface area contributed by atoms with Crippen molar-refractivity contribution in [2.24, 2.45) is 11.7 Å². The molecule has 1 saturated heterocycles. The molecular formula is C14H18N4O2. The first-order valence-corrected chi connectivity index (χ1v) is 6.76. The zero-order valence-corrected chi connectivity index (χ0v) is 11.4. The number of carbonyl (C=O) groups is 1. The first kappa shape index (κ1) is 12.8. The quantitative estimate of drug-likeness (QED) is 0.809. The molecule has 2 atom stereocenters. The lowest BCUT2D eigenvalue weighted by molar-refractivity contribution is -0.122. The molecule has 1 aromatic carbocycles. The van der Waals surface area contributed by atoms with E-state index in [1.807, 2.05) is 11.0 Å². The van der Waals surface area contributed by atoms with Gasteiger partial charge in [0.25, 0.3) is 6.01 Å². The van der Waals surface area contributed by atoms with E-state index in [0.717, 1.165) is 18.4 Å². The number of benzene rings is 1. The van der Waals surface area contributed by atoms with Gasteiger partial charge in [0, 0.05) is 24.3 Å². The van der Waals surface area contributed by atoms with Gasteiger partial charge in [0.05, 0.1) is 5.92 Å². The summed E-state index contributed by atoms with van der Waals surface area (Å²) in [4.78, 5) is 17.9. The van der Waals surface area contributed by atoms with Crippen molar-refractivity contribution in [1.82, 2.24) is 4.98 Å². The number of nitrogens with zero attached hydrogens (tertiary/aromatic N) is 2. The second-order valence-corrected chi connectivity index (χ2v) is 5.40. The highest BCUT2D eigenvalue weighted by Gasteiger charge is 2.31. The third-order valence-corrected chi connectivity index (χ3v) is 3.93. The average molecular weight is 274 g/mol. The minimum Gasteiger partial charge on any atom is -0.423 e. The number of carbonyl (C=O) groups excluding carboxylic acids is 1. The van der Waals surface area contributed by atoms with Gasteiger partial charge >= 0.3 is 0 Å². The van der Waals surface area contributed by atoms with Gasteiger partial charge in [-0.3, -0.25) is 4.79 Å². The van der Waals surface area contributed by atoms with Gasteiger partial charge in [0.1, 0.15) is 5.52 Å². The fraction of sp³-hybridized carbons (Fsp3) is 0.429. The Hall–Kier alpha value is -2.24. The van der Waals surface area contributed by atoms with Crippen LogP contribution in [0.3, 0.4) is 0 Å². The monoisotopic (exact) mass is 274 g/mol. The molecule has 2 aromatic rings. The van der Waals surface area contributed by atoms with Crippen molar-refractivity contribution in [3.05, 3.63) is 18.2 Å². The van der Waals surface area contributed by atoms with Crippen molar-refractivity contribution in [3.8, 4) is 0 Å². The summed E-state index contributed by atoms with van der Waals surface area (Å²) < 4.78 is 5.77. The minimum absolute atomic E-state index is 0.147. The number of rotatable bonds is 2. The summed E-state index contributed by atoms with van der Waals surface area (Å²) in [6.07, 6.45) is 1.72. The zero-order chi connectivity index (χ0) is 14.3. The van der Waals surface area contributed by atoms with Crippen LogP contribution in [0.4, 0.5) is 11.7 Å². The Morgan fingerprint density at radius 1 is 1.45 bits per heavy atom. The molecule has 1 amide bonds. The summed E-state index contributed by atoms with van der Waals surface area (Å²) in [6, 6.07) is 6.18. The second kappa shape index (κ2) is 4.70. The number of primary amides is 1. The van der Waals surface area contributed by atoms with E-state index < -0.39 is 0 Å². The standard InChI is InChI=1S/C14H18N4O2/c1-8-2-3-9(13(16)19)7-18(8)14-17-11-5-4-10(15)6-12(11)20-14/h4-6,8-9H,2-3,7,15H2,1H3,(H2,16,19). The second-order valence-electron chi connectivity index (χ2n) is 5.40. The Balaban J connectivity index is 1.93. The lowest BCUT2D eigenvalue weighted by Crippen LogP contribution is -2.46. The first-order chi connectivity index (χ1) is 9.54. The molecule has 0 aliphatic carbocycles. The first-order valence-electron chi connectivity index (χ1n) is 6.76. The van der Waals surface area contributed by atoms with Gasteiger partial charge < -0.3 is 20.8 Å². The normalized spacial score (nSPS) is 23.1. The predicted molar refractivity (Wildman–Crippen MR) is 77.1 cm³/mol. The number of hydrogen-bond acceptors (Lipinski definition) is 5. The van der Waals surface area contributed by atoms with Gasteiger partial charge in [-0.2, -0.15) is 4.98 Å². The van der Waals surface area contributed by atoms with Crippen LogP contribution >= 0.6 is 0 Å². The number of aromatic nitrogens is 1. The Morgan fingerprint density at radius 2 is 2.25 bits per heavy atom. The Morgan fingerprint density at radius 3 is 3.00 bits per heavy atom. The molecule has 0 spiro atoms. The number of nitrogens with two attached hydrogens (primary N) is 2. The molecule has 20 heavy (non-hydrogen) atoms. The molecule has 0 saturated carbocycles. The summed E-state index contributed by atoms with van der Waals surface area (Å²) in [7, 11) is 0. The number of hydrogen-bond donors (Lipinski definition) is 2. The number of piperidine rings is 1. The average Bonchev–Trinajstić information content (AvgIpc) is 2.81. The smallest absolute Gasteiger partial charge is 0.298 e. The lowest BCUT2D eigenvalue weighted by atomic mass is 9.93. The highest BCUT2D eigenvalue weighted by atomic mass is 16.4. The van der Waals surface area contributed by atoms with Gasteiger partial charge in [-0.1, -0.05) is 0 Å². The third-order valence-electron chi connectivity index (χ3n) is 3.93. The van der Waals surface area contributed by atoms with Crippen molar-refractivity contribution in [2.45, 2.75) is 25.8 Å². The molecular weight excluding hydrogens is 256 g/mol. The molecule has 1 aliphatic rings. The van der Waals surface area contributed by atoms with Crippen molar-refractivity contribution in [3.63, 3.8) is 0 Å². The van der Waals surface area contributed by atoms with Crippen LogP contribution in [0.1, 0.15) is 19.8 Å². The largest absolute Gasteiger partial charge is 0.423 e. The van der Waals surface area contributed by atoms with Crippen LogP contribution in [0.5, 0.6) is 0 Å². The molecule has 0 bridgehead atoms. The zero-order valence-electron chi connectivity index (χ0n) is 11.4. The van der Waals surface area contributed by atoms with E-state index in [9.17, 15) is 4.79 Å². The molecule has 6 nitrogen and oxygen atoms in total. The van der Waals surface area contributed by atoms with E-state index in [4.69, 9.17) is 15.9 Å². The van der Waals surface area contributed by atoms with Crippen molar-refractivity contribution >= 4 is 28.7 Å². The summed E-state index contributed by atoms with van der Waals surface area (Å²) in [5, 5.41) is 0. The molecule has 0 radical (unpaired) electrons. The fourth-order valence-corrected chi connectivity index (χ4v) is 2.66. The molecule has 106 valence electrons. The van der Waals surface area contributed by atoms with E-state index in [-0.39, 0.29) is 17.9 Å². The van der Waals surface area contributed by atoms with Crippen molar-refractivity contribution in [1.29, 1.82) is 0 Å². The molecule has 6 heteroatoms. The summed E-state index contributed by atoms with van der Waals surface area (Å²) in [5.41, 5.74) is 13.2. The SMILES string of the molecule is CC1CCC(C(N)=O)CN1c1nc2ccc(N)cc2o1. The molecule has 4 N–H and O–H groups in total. The van der Waals surface area contributed by atoms with E-state index in [2.05, 4.69) is 11.9 Å². The number of fused-ring (bicyclic) bond motifs is 1. The highest BCUT2D eigenvalue weighted by molar-refractivity contribution is 5.79. The van der Waals surface area contributed by atoms with Gasteiger partial charge in [-0.05, 0) is 31.9 Å².